The summed E-state index contributed by atoms with van der Waals surface area (Å²) in [6.45, 7) is -0.486. The van der Waals surface area contributed by atoms with Gasteiger partial charge in [0.05, 0.1) is 6.61 Å². The molecule has 0 amide bonds. The molecular weight excluding hydrogens is 293 g/mol. The van der Waals surface area contributed by atoms with Gasteiger partial charge in [-0.3, -0.25) is 4.57 Å². The summed E-state index contributed by atoms with van der Waals surface area (Å²) in [5.74, 6) is -0.180. The molecule has 4 atom stereocenters. The maximum absolute atomic E-state index is 11.1. The summed E-state index contributed by atoms with van der Waals surface area (Å²) < 4.78 is 16.2. The van der Waals surface area contributed by atoms with Crippen LogP contribution in [-0.4, -0.2) is 66.2 Å². The molecule has 0 aliphatic carbocycles. The summed E-state index contributed by atoms with van der Waals surface area (Å²) in [5, 5.41) is 30.7. The monoisotopic (exact) mass is 307 g/mol. The Morgan fingerprint density at radius 2 is 2.05 bits per heavy atom. The SMILES string of the molecule is O=P(O)(O)c1ccnc(NC2O[C@H](CO)[C@@H](O)[C@H]2O)n1. The number of aliphatic hydroxyl groups excluding tert-OH is 3. The fourth-order valence-electron chi connectivity index (χ4n) is 1.73. The van der Waals surface area contributed by atoms with Crippen LogP contribution in [0.3, 0.4) is 0 Å². The van der Waals surface area contributed by atoms with Crippen LogP contribution < -0.4 is 10.8 Å². The Kier molecular flexibility index (Phi) is 4.35. The molecule has 1 aromatic rings. The van der Waals surface area contributed by atoms with Crippen LogP contribution in [0.5, 0.6) is 0 Å². The second-order valence-corrected chi connectivity index (χ2v) is 5.73. The van der Waals surface area contributed by atoms with Crippen LogP contribution in [0.15, 0.2) is 12.3 Å². The summed E-state index contributed by atoms with van der Waals surface area (Å²) in [6.07, 6.45) is -3.57. The van der Waals surface area contributed by atoms with Crippen LogP contribution in [0.25, 0.3) is 0 Å². The molecule has 0 spiro atoms. The van der Waals surface area contributed by atoms with Gasteiger partial charge >= 0.3 is 7.60 Å². The lowest BCUT2D eigenvalue weighted by Crippen LogP contribution is -2.37. The molecule has 1 aromatic heterocycles. The predicted octanol–water partition coefficient (Wildman–Crippen LogP) is -2.87. The number of hydrogen-bond donors (Lipinski definition) is 6. The molecule has 1 saturated heterocycles. The molecule has 1 unspecified atom stereocenters. The zero-order valence-electron chi connectivity index (χ0n) is 10.1. The van der Waals surface area contributed by atoms with E-state index in [4.69, 9.17) is 19.6 Å². The van der Waals surface area contributed by atoms with Crippen molar-refractivity contribution < 1.29 is 34.4 Å². The molecule has 1 aliphatic heterocycles. The first kappa shape index (κ1) is 15.3. The van der Waals surface area contributed by atoms with Gasteiger partial charge in [-0.2, -0.15) is 0 Å². The van der Waals surface area contributed by atoms with Gasteiger partial charge in [0.15, 0.2) is 11.7 Å². The van der Waals surface area contributed by atoms with Gasteiger partial charge in [0, 0.05) is 6.20 Å². The molecule has 1 fully saturated rings. The van der Waals surface area contributed by atoms with Crippen molar-refractivity contribution >= 4 is 19.0 Å². The molecule has 10 nitrogen and oxygen atoms in total. The van der Waals surface area contributed by atoms with Gasteiger partial charge in [0.1, 0.15) is 18.3 Å². The molecule has 2 heterocycles. The van der Waals surface area contributed by atoms with E-state index in [1.54, 1.807) is 0 Å². The number of ether oxygens (including phenoxy) is 1. The summed E-state index contributed by atoms with van der Waals surface area (Å²) in [5.41, 5.74) is -0.484. The van der Waals surface area contributed by atoms with E-state index in [1.165, 1.54) is 0 Å². The summed E-state index contributed by atoms with van der Waals surface area (Å²) >= 11 is 0. The molecule has 11 heteroatoms. The van der Waals surface area contributed by atoms with Crippen LogP contribution in [0.4, 0.5) is 5.95 Å². The van der Waals surface area contributed by atoms with E-state index in [9.17, 15) is 14.8 Å². The highest BCUT2D eigenvalue weighted by molar-refractivity contribution is 7.60. The molecule has 0 saturated carbocycles. The Balaban J connectivity index is 2.13. The van der Waals surface area contributed by atoms with E-state index < -0.39 is 44.2 Å². The normalized spacial score (nSPS) is 30.4. The minimum atomic E-state index is -4.52. The third-order valence-corrected chi connectivity index (χ3v) is 3.60. The van der Waals surface area contributed by atoms with Gasteiger partial charge < -0.3 is 35.2 Å². The van der Waals surface area contributed by atoms with E-state index in [0.717, 1.165) is 12.3 Å². The summed E-state index contributed by atoms with van der Waals surface area (Å²) in [6, 6.07) is 1.06. The second-order valence-electron chi connectivity index (χ2n) is 4.19. The lowest BCUT2D eigenvalue weighted by molar-refractivity contribution is -0.0154. The summed E-state index contributed by atoms with van der Waals surface area (Å²) in [7, 11) is -4.52. The highest BCUT2D eigenvalue weighted by Crippen LogP contribution is 2.32. The van der Waals surface area contributed by atoms with Gasteiger partial charge in [-0.1, -0.05) is 0 Å². The molecule has 0 aromatic carbocycles. The molecule has 0 bridgehead atoms. The second kappa shape index (κ2) is 5.70. The minimum absolute atomic E-state index is 0.180. The number of aromatic nitrogens is 2. The highest BCUT2D eigenvalue weighted by Gasteiger charge is 2.42. The lowest BCUT2D eigenvalue weighted by atomic mass is 10.1. The van der Waals surface area contributed by atoms with Crippen LogP contribution >= 0.6 is 7.60 Å². The van der Waals surface area contributed by atoms with E-state index in [1.807, 2.05) is 0 Å². The number of nitrogens with zero attached hydrogens (tertiary/aromatic N) is 2. The Morgan fingerprint density at radius 1 is 1.35 bits per heavy atom. The van der Waals surface area contributed by atoms with E-state index in [-0.39, 0.29) is 5.95 Å². The molecule has 2 rings (SSSR count). The smallest absolute Gasteiger partial charge is 0.374 e. The van der Waals surface area contributed by atoms with Crippen molar-refractivity contribution in [1.29, 1.82) is 0 Å². The topological polar surface area (TPSA) is 165 Å². The van der Waals surface area contributed by atoms with Crippen molar-refractivity contribution in [3.63, 3.8) is 0 Å². The van der Waals surface area contributed by atoms with Crippen molar-refractivity contribution in [3.05, 3.63) is 12.3 Å². The molecule has 112 valence electrons. The van der Waals surface area contributed by atoms with Crippen molar-refractivity contribution in [2.45, 2.75) is 24.5 Å². The molecular formula is C9H14N3O7P. The third-order valence-electron chi connectivity index (χ3n) is 2.75. The number of anilines is 1. The van der Waals surface area contributed by atoms with E-state index in [0.29, 0.717) is 0 Å². The Hall–Kier alpha value is -1.13. The van der Waals surface area contributed by atoms with Gasteiger partial charge in [0.25, 0.3) is 0 Å². The summed E-state index contributed by atoms with van der Waals surface area (Å²) in [4.78, 5) is 25.3. The van der Waals surface area contributed by atoms with Crippen molar-refractivity contribution in [2.24, 2.45) is 0 Å². The van der Waals surface area contributed by atoms with Gasteiger partial charge in [-0.25, -0.2) is 9.97 Å². The van der Waals surface area contributed by atoms with Crippen LogP contribution in [0.1, 0.15) is 0 Å². The maximum Gasteiger partial charge on any atom is 0.374 e. The zero-order chi connectivity index (χ0) is 14.9. The van der Waals surface area contributed by atoms with Crippen molar-refractivity contribution in [3.8, 4) is 0 Å². The number of hydrogen-bond acceptors (Lipinski definition) is 8. The first-order valence-corrected chi connectivity index (χ1v) is 7.22. The van der Waals surface area contributed by atoms with Gasteiger partial charge in [-0.15, -0.1) is 0 Å². The number of aliphatic hydroxyl groups is 3. The average molecular weight is 307 g/mol. The van der Waals surface area contributed by atoms with Crippen LogP contribution in [0.2, 0.25) is 0 Å². The first-order valence-electron chi connectivity index (χ1n) is 5.61. The molecule has 6 N–H and O–H groups in total. The fourth-order valence-corrected chi connectivity index (χ4v) is 2.21. The zero-order valence-corrected chi connectivity index (χ0v) is 11.0. The third kappa shape index (κ3) is 3.13. The largest absolute Gasteiger partial charge is 0.394 e. The number of rotatable bonds is 4. The molecule has 0 radical (unpaired) electrons. The van der Waals surface area contributed by atoms with Gasteiger partial charge in [-0.05, 0) is 6.07 Å². The first-order chi connectivity index (χ1) is 9.32. The average Bonchev–Trinajstić information content (AvgIpc) is 2.66. The molecule has 20 heavy (non-hydrogen) atoms. The van der Waals surface area contributed by atoms with Gasteiger partial charge in [0.2, 0.25) is 5.95 Å². The number of nitrogens with one attached hydrogen (secondary N) is 1. The van der Waals surface area contributed by atoms with Crippen LogP contribution in [-0.2, 0) is 9.30 Å². The van der Waals surface area contributed by atoms with Crippen molar-refractivity contribution in [2.75, 3.05) is 11.9 Å². The minimum Gasteiger partial charge on any atom is -0.394 e. The Morgan fingerprint density at radius 3 is 2.60 bits per heavy atom. The van der Waals surface area contributed by atoms with E-state index >= 15 is 0 Å². The lowest BCUT2D eigenvalue weighted by Gasteiger charge is -2.16. The standard InChI is InChI=1S/C9H14N3O7P/c13-3-4-6(14)7(15)8(19-4)12-9-10-2-1-5(11-9)20(16,17)18/h1-2,4,6-8,13-15H,3H2,(H,10,11,12)(H2,16,17,18)/t4-,6-,7-,8?/m1/s1. The van der Waals surface area contributed by atoms with Crippen molar-refractivity contribution in [1.82, 2.24) is 9.97 Å². The fraction of sp³-hybridized carbons (Fsp3) is 0.556. The highest BCUT2D eigenvalue weighted by atomic mass is 31.2. The van der Waals surface area contributed by atoms with Crippen LogP contribution in [0, 0.1) is 0 Å². The maximum atomic E-state index is 11.1. The Bertz CT molecular complexity index is 524. The molecule has 1 aliphatic rings. The Labute approximate surface area is 113 Å². The quantitative estimate of drug-likeness (QED) is 0.318. The van der Waals surface area contributed by atoms with E-state index in [2.05, 4.69) is 15.3 Å². The predicted molar refractivity (Wildman–Crippen MR) is 65.1 cm³/mol.